The molecule has 2 aromatic carbocycles. The summed E-state index contributed by atoms with van der Waals surface area (Å²) in [5.74, 6) is -1.13. The first kappa shape index (κ1) is 23.2. The molecule has 1 unspecified atom stereocenters. The van der Waals surface area contributed by atoms with Gasteiger partial charge in [-0.1, -0.05) is 60.7 Å². The van der Waals surface area contributed by atoms with Crippen molar-refractivity contribution in [2.24, 2.45) is 5.73 Å². The minimum atomic E-state index is -0.741. The molecule has 2 N–H and O–H groups in total. The monoisotopic (exact) mass is 434 g/mol. The van der Waals surface area contributed by atoms with Crippen LogP contribution in [-0.2, 0) is 20.9 Å². The van der Waals surface area contributed by atoms with Gasteiger partial charge in [0, 0.05) is 25.5 Å². The number of methoxy groups -OCH3 is 1. The highest BCUT2D eigenvalue weighted by Gasteiger charge is 2.35. The fourth-order valence-corrected chi connectivity index (χ4v) is 3.89. The molecule has 1 heterocycles. The molecule has 0 spiro atoms. The lowest BCUT2D eigenvalue weighted by molar-refractivity contribution is -0.153. The summed E-state index contributed by atoms with van der Waals surface area (Å²) in [6, 6.07) is 18.5. The van der Waals surface area contributed by atoms with Gasteiger partial charge in [-0.2, -0.15) is 0 Å². The fraction of sp³-hybridized carbons (Fsp3) is 0.320. The van der Waals surface area contributed by atoms with E-state index < -0.39 is 17.9 Å². The summed E-state index contributed by atoms with van der Waals surface area (Å²) in [7, 11) is 1.34. The predicted molar refractivity (Wildman–Crippen MR) is 123 cm³/mol. The minimum absolute atomic E-state index is 0.142. The van der Waals surface area contributed by atoms with E-state index in [4.69, 9.17) is 10.5 Å². The summed E-state index contributed by atoms with van der Waals surface area (Å²) in [6.45, 7) is 1.35. The van der Waals surface area contributed by atoms with Gasteiger partial charge in [0.1, 0.15) is 6.04 Å². The van der Waals surface area contributed by atoms with Gasteiger partial charge in [-0.15, -0.1) is 0 Å². The summed E-state index contributed by atoms with van der Waals surface area (Å²) in [4.78, 5) is 32.4. The molecule has 3 aromatic rings. The van der Waals surface area contributed by atoms with Gasteiger partial charge < -0.3 is 19.9 Å². The number of aryl methyl sites for hydroxylation is 1. The van der Waals surface area contributed by atoms with Crippen LogP contribution < -0.4 is 5.73 Å². The molecule has 0 radical (unpaired) electrons. The number of rotatable bonds is 11. The maximum absolute atomic E-state index is 14.0. The zero-order valence-corrected chi connectivity index (χ0v) is 18.3. The van der Waals surface area contributed by atoms with Crippen LogP contribution in [0, 0.1) is 0 Å². The van der Waals surface area contributed by atoms with Crippen LogP contribution in [0.4, 0.5) is 0 Å². The molecule has 168 valence electrons. The van der Waals surface area contributed by atoms with E-state index in [1.165, 1.54) is 7.11 Å². The molecule has 3 rings (SSSR count). The van der Waals surface area contributed by atoms with E-state index in [1.807, 2.05) is 71.4 Å². The van der Waals surface area contributed by atoms with Gasteiger partial charge in [0.25, 0.3) is 0 Å². The van der Waals surface area contributed by atoms with E-state index in [1.54, 1.807) is 17.4 Å². The van der Waals surface area contributed by atoms with Gasteiger partial charge in [-0.3, -0.25) is 4.79 Å². The molecular formula is C25H30N4O3. The standard InChI is InChI=1S/C25H30N4O3/c1-32-25(31)22(13-14-26)29(17-8-16-28-18-15-27-19-28)24(30)23(20-9-4-2-5-10-20)21-11-6-3-7-12-21/h2-7,9-12,15,18-19,22-23H,8,13-14,16-17,26H2,1H3. The third-order valence-electron chi connectivity index (χ3n) is 5.46. The maximum atomic E-state index is 14.0. The average molecular weight is 435 g/mol. The van der Waals surface area contributed by atoms with Crippen molar-refractivity contribution in [3.8, 4) is 0 Å². The van der Waals surface area contributed by atoms with Crippen LogP contribution in [-0.4, -0.2) is 52.6 Å². The van der Waals surface area contributed by atoms with Crippen LogP contribution in [0.15, 0.2) is 79.4 Å². The van der Waals surface area contributed by atoms with E-state index in [9.17, 15) is 9.59 Å². The highest BCUT2D eigenvalue weighted by Crippen LogP contribution is 2.28. The quantitative estimate of drug-likeness (QED) is 0.469. The third kappa shape index (κ3) is 5.82. The molecule has 1 amide bonds. The Hall–Kier alpha value is -3.45. The Kier molecular flexibility index (Phi) is 8.57. The number of nitrogens with zero attached hydrogens (tertiary/aromatic N) is 3. The number of carbonyl (C=O) groups is 2. The molecule has 1 atom stereocenters. The Labute approximate surface area is 188 Å². The number of esters is 1. The number of aromatic nitrogens is 2. The van der Waals surface area contributed by atoms with Crippen LogP contribution in [0.1, 0.15) is 29.9 Å². The van der Waals surface area contributed by atoms with Crippen molar-refractivity contribution in [3.63, 3.8) is 0 Å². The van der Waals surface area contributed by atoms with Crippen LogP contribution in [0.3, 0.4) is 0 Å². The van der Waals surface area contributed by atoms with Crippen molar-refractivity contribution in [3.05, 3.63) is 90.5 Å². The van der Waals surface area contributed by atoms with E-state index in [-0.39, 0.29) is 12.5 Å². The Bertz CT molecular complexity index is 922. The number of hydrogen-bond donors (Lipinski definition) is 1. The molecule has 0 fully saturated rings. The molecule has 0 aliphatic rings. The van der Waals surface area contributed by atoms with Crippen molar-refractivity contribution in [2.45, 2.75) is 31.3 Å². The smallest absolute Gasteiger partial charge is 0.328 e. The van der Waals surface area contributed by atoms with E-state index >= 15 is 0 Å². The second-order valence-corrected chi connectivity index (χ2v) is 7.56. The second-order valence-electron chi connectivity index (χ2n) is 7.56. The summed E-state index contributed by atoms with van der Waals surface area (Å²) >= 11 is 0. The molecule has 0 saturated carbocycles. The molecule has 0 saturated heterocycles. The third-order valence-corrected chi connectivity index (χ3v) is 5.46. The van der Waals surface area contributed by atoms with Crippen molar-refractivity contribution in [2.75, 3.05) is 20.2 Å². The first-order valence-electron chi connectivity index (χ1n) is 10.8. The van der Waals surface area contributed by atoms with Gasteiger partial charge in [0.2, 0.25) is 5.91 Å². The van der Waals surface area contributed by atoms with Crippen LogP contribution in [0.5, 0.6) is 0 Å². The Morgan fingerprint density at radius 3 is 2.19 bits per heavy atom. The summed E-state index contributed by atoms with van der Waals surface area (Å²) in [5.41, 5.74) is 7.56. The number of nitrogens with two attached hydrogens (primary N) is 1. The summed E-state index contributed by atoms with van der Waals surface area (Å²) in [5, 5.41) is 0. The summed E-state index contributed by atoms with van der Waals surface area (Å²) < 4.78 is 6.98. The SMILES string of the molecule is COC(=O)C(CCN)N(CCCn1ccnc1)C(=O)C(c1ccccc1)c1ccccc1. The van der Waals surface area contributed by atoms with Gasteiger partial charge in [0.05, 0.1) is 19.4 Å². The average Bonchev–Trinajstić information content (AvgIpc) is 3.35. The molecule has 0 aliphatic carbocycles. The van der Waals surface area contributed by atoms with Crippen molar-refractivity contribution < 1.29 is 14.3 Å². The van der Waals surface area contributed by atoms with Crippen molar-refractivity contribution in [1.82, 2.24) is 14.5 Å². The lowest BCUT2D eigenvalue weighted by Gasteiger charge is -2.33. The van der Waals surface area contributed by atoms with E-state index in [0.29, 0.717) is 25.9 Å². The molecule has 7 nitrogen and oxygen atoms in total. The highest BCUT2D eigenvalue weighted by molar-refractivity contribution is 5.91. The lowest BCUT2D eigenvalue weighted by atomic mass is 9.89. The first-order chi connectivity index (χ1) is 15.7. The number of amides is 1. The molecule has 0 aliphatic heterocycles. The zero-order chi connectivity index (χ0) is 22.8. The predicted octanol–water partition coefficient (Wildman–Crippen LogP) is 2.82. The lowest BCUT2D eigenvalue weighted by Crippen LogP contribution is -2.49. The van der Waals surface area contributed by atoms with Gasteiger partial charge in [-0.25, -0.2) is 9.78 Å². The van der Waals surface area contributed by atoms with Crippen LogP contribution >= 0.6 is 0 Å². The van der Waals surface area contributed by atoms with E-state index in [0.717, 1.165) is 11.1 Å². The maximum Gasteiger partial charge on any atom is 0.328 e. The topological polar surface area (TPSA) is 90.4 Å². The van der Waals surface area contributed by atoms with Gasteiger partial charge >= 0.3 is 5.97 Å². The Morgan fingerprint density at radius 2 is 1.69 bits per heavy atom. The second kappa shape index (κ2) is 11.8. The van der Waals surface area contributed by atoms with Crippen molar-refractivity contribution >= 4 is 11.9 Å². The van der Waals surface area contributed by atoms with Gasteiger partial charge in [0.15, 0.2) is 0 Å². The molecule has 0 bridgehead atoms. The number of benzene rings is 2. The Morgan fingerprint density at radius 1 is 1.06 bits per heavy atom. The normalized spacial score (nSPS) is 11.8. The fourth-order valence-electron chi connectivity index (χ4n) is 3.89. The zero-order valence-electron chi connectivity index (χ0n) is 18.3. The number of carbonyl (C=O) groups excluding carboxylic acids is 2. The van der Waals surface area contributed by atoms with Crippen LogP contribution in [0.2, 0.25) is 0 Å². The Balaban J connectivity index is 1.95. The summed E-state index contributed by atoms with van der Waals surface area (Å²) in [6.07, 6.45) is 6.33. The largest absolute Gasteiger partial charge is 0.467 e. The number of imidazole rings is 1. The van der Waals surface area contributed by atoms with Gasteiger partial charge in [-0.05, 0) is 30.5 Å². The van der Waals surface area contributed by atoms with Crippen molar-refractivity contribution in [1.29, 1.82) is 0 Å². The highest BCUT2D eigenvalue weighted by atomic mass is 16.5. The molecule has 7 heteroatoms. The number of hydrogen-bond acceptors (Lipinski definition) is 5. The minimum Gasteiger partial charge on any atom is -0.467 e. The number of ether oxygens (including phenoxy) is 1. The molecular weight excluding hydrogens is 404 g/mol. The molecule has 32 heavy (non-hydrogen) atoms. The molecule has 1 aromatic heterocycles. The van der Waals surface area contributed by atoms with E-state index in [2.05, 4.69) is 4.98 Å². The first-order valence-corrected chi connectivity index (χ1v) is 10.8. The van der Waals surface area contributed by atoms with Crippen LogP contribution in [0.25, 0.3) is 0 Å².